The van der Waals surface area contributed by atoms with Crippen LogP contribution in [0.15, 0.2) is 29.3 Å². The molecular weight excluding hydrogens is 507 g/mol. The zero-order valence-corrected chi connectivity index (χ0v) is 21.4. The van der Waals surface area contributed by atoms with Crippen LogP contribution in [-0.2, 0) is 27.3 Å². The summed E-state index contributed by atoms with van der Waals surface area (Å²) in [7, 11) is 3.60. The van der Waals surface area contributed by atoms with E-state index in [-0.39, 0.29) is 24.0 Å². The third kappa shape index (κ3) is 9.21. The molecule has 1 aromatic rings. The second-order valence-corrected chi connectivity index (χ2v) is 8.01. The summed E-state index contributed by atoms with van der Waals surface area (Å²) in [6, 6.07) is 8.91. The monoisotopic (exact) mass is 546 g/mol. The molecule has 2 aliphatic heterocycles. The lowest BCUT2D eigenvalue weighted by Gasteiger charge is -2.34. The lowest BCUT2D eigenvalue weighted by atomic mass is 10.1. The van der Waals surface area contributed by atoms with Crippen molar-refractivity contribution < 1.29 is 14.2 Å². The van der Waals surface area contributed by atoms with Crippen molar-refractivity contribution in [2.24, 2.45) is 4.99 Å². The van der Waals surface area contributed by atoms with Gasteiger partial charge in [0.1, 0.15) is 0 Å². The first-order valence-electron chi connectivity index (χ1n) is 11.2. The normalized spacial score (nSPS) is 18.6. The van der Waals surface area contributed by atoms with Gasteiger partial charge in [-0.3, -0.25) is 9.89 Å². The molecule has 1 N–H and O–H groups in total. The molecule has 31 heavy (non-hydrogen) atoms. The lowest BCUT2D eigenvalue weighted by molar-refractivity contribution is 0.00989. The largest absolute Gasteiger partial charge is 0.385 e. The standard InChI is InChI=1S/C23H38N4O3.HI/c1-24-23(27-10-8-22(9-11-27)30-15-3-14-28-2)25-18-20-4-6-21(7-5-20)19-26-12-16-29-17-13-26;/h4-7,22H,3,8-19H2,1-2H3,(H,24,25);1H. The number of aliphatic imine (C=N–C) groups is 1. The second-order valence-electron chi connectivity index (χ2n) is 8.01. The summed E-state index contributed by atoms with van der Waals surface area (Å²) in [6.45, 7) is 9.04. The van der Waals surface area contributed by atoms with Gasteiger partial charge in [0.2, 0.25) is 0 Å². The molecule has 176 valence electrons. The average Bonchev–Trinajstić information content (AvgIpc) is 2.80. The predicted octanol–water partition coefficient (Wildman–Crippen LogP) is 2.73. The molecule has 7 nitrogen and oxygen atoms in total. The van der Waals surface area contributed by atoms with E-state index < -0.39 is 0 Å². The number of likely N-dealkylation sites (tertiary alicyclic amines) is 1. The summed E-state index contributed by atoms with van der Waals surface area (Å²) < 4.78 is 16.5. The van der Waals surface area contributed by atoms with Gasteiger partial charge in [-0.05, 0) is 30.4 Å². The number of morpholine rings is 1. The van der Waals surface area contributed by atoms with Gasteiger partial charge >= 0.3 is 0 Å². The molecule has 0 radical (unpaired) electrons. The fraction of sp³-hybridized carbons (Fsp3) is 0.696. The van der Waals surface area contributed by atoms with Crippen LogP contribution in [0.1, 0.15) is 30.4 Å². The number of ether oxygens (including phenoxy) is 3. The Hall–Kier alpha value is -0.940. The molecule has 2 saturated heterocycles. The number of hydrogen-bond donors (Lipinski definition) is 1. The van der Waals surface area contributed by atoms with E-state index in [2.05, 4.69) is 44.4 Å². The highest BCUT2D eigenvalue weighted by atomic mass is 127. The summed E-state index contributed by atoms with van der Waals surface area (Å²) >= 11 is 0. The molecule has 8 heteroatoms. The van der Waals surface area contributed by atoms with E-state index in [4.69, 9.17) is 14.2 Å². The van der Waals surface area contributed by atoms with E-state index in [1.807, 2.05) is 7.05 Å². The Balaban J connectivity index is 0.00000341. The molecule has 0 aliphatic carbocycles. The van der Waals surface area contributed by atoms with Crippen molar-refractivity contribution in [2.75, 3.05) is 66.8 Å². The van der Waals surface area contributed by atoms with Crippen LogP contribution in [0, 0.1) is 0 Å². The highest BCUT2D eigenvalue weighted by Gasteiger charge is 2.21. The van der Waals surface area contributed by atoms with Crippen molar-refractivity contribution >= 4 is 29.9 Å². The first-order chi connectivity index (χ1) is 14.8. The smallest absolute Gasteiger partial charge is 0.193 e. The van der Waals surface area contributed by atoms with E-state index in [0.29, 0.717) is 6.10 Å². The Bertz CT molecular complexity index is 630. The zero-order valence-electron chi connectivity index (χ0n) is 19.1. The maximum Gasteiger partial charge on any atom is 0.193 e. The molecule has 3 rings (SSSR count). The number of guanidine groups is 1. The topological polar surface area (TPSA) is 58.6 Å². The van der Waals surface area contributed by atoms with Crippen molar-refractivity contribution in [3.63, 3.8) is 0 Å². The minimum Gasteiger partial charge on any atom is -0.385 e. The Labute approximate surface area is 204 Å². The van der Waals surface area contributed by atoms with Crippen LogP contribution in [0.4, 0.5) is 0 Å². The summed E-state index contributed by atoms with van der Waals surface area (Å²) in [4.78, 5) is 9.27. The van der Waals surface area contributed by atoms with Gasteiger partial charge in [-0.1, -0.05) is 24.3 Å². The number of hydrogen-bond acceptors (Lipinski definition) is 5. The summed E-state index contributed by atoms with van der Waals surface area (Å²) in [5, 5.41) is 3.52. The van der Waals surface area contributed by atoms with Crippen LogP contribution in [-0.4, -0.2) is 88.6 Å². The fourth-order valence-electron chi connectivity index (χ4n) is 3.98. The maximum atomic E-state index is 5.96. The molecule has 0 aromatic heterocycles. The summed E-state index contributed by atoms with van der Waals surface area (Å²) in [5.74, 6) is 0.977. The number of piperidine rings is 1. The van der Waals surface area contributed by atoms with Gasteiger partial charge in [0.15, 0.2) is 5.96 Å². The van der Waals surface area contributed by atoms with E-state index in [0.717, 1.165) is 90.9 Å². The predicted molar refractivity (Wildman–Crippen MR) is 135 cm³/mol. The molecule has 0 unspecified atom stereocenters. The number of nitrogens with one attached hydrogen (secondary N) is 1. The average molecular weight is 546 g/mol. The van der Waals surface area contributed by atoms with E-state index in [1.165, 1.54) is 11.1 Å². The van der Waals surface area contributed by atoms with E-state index in [1.54, 1.807) is 7.11 Å². The van der Waals surface area contributed by atoms with Gasteiger partial charge in [-0.2, -0.15) is 0 Å². The molecule has 0 amide bonds. The van der Waals surface area contributed by atoms with Crippen LogP contribution in [0.3, 0.4) is 0 Å². The Morgan fingerprint density at radius 3 is 2.39 bits per heavy atom. The minimum absolute atomic E-state index is 0. The van der Waals surface area contributed by atoms with Crippen LogP contribution in [0.25, 0.3) is 0 Å². The number of rotatable bonds is 9. The molecular formula is C23H39IN4O3. The SMILES string of the molecule is CN=C(NCc1ccc(CN2CCOCC2)cc1)N1CCC(OCCCOC)CC1.I. The number of nitrogens with zero attached hydrogens (tertiary/aromatic N) is 3. The van der Waals surface area contributed by atoms with Gasteiger partial charge < -0.3 is 24.4 Å². The highest BCUT2D eigenvalue weighted by molar-refractivity contribution is 14.0. The third-order valence-corrected chi connectivity index (χ3v) is 5.78. The van der Waals surface area contributed by atoms with Crippen LogP contribution in [0.2, 0.25) is 0 Å². The number of methoxy groups -OCH3 is 1. The number of halogens is 1. The van der Waals surface area contributed by atoms with Crippen molar-refractivity contribution in [3.8, 4) is 0 Å². The molecule has 2 aliphatic rings. The van der Waals surface area contributed by atoms with Crippen molar-refractivity contribution in [1.82, 2.24) is 15.1 Å². The highest BCUT2D eigenvalue weighted by Crippen LogP contribution is 2.15. The molecule has 0 saturated carbocycles. The fourth-order valence-corrected chi connectivity index (χ4v) is 3.98. The quantitative estimate of drug-likeness (QED) is 0.223. The lowest BCUT2D eigenvalue weighted by Crippen LogP contribution is -2.46. The first-order valence-corrected chi connectivity index (χ1v) is 11.2. The molecule has 1 aromatic carbocycles. The van der Waals surface area contributed by atoms with Gasteiger partial charge in [-0.15, -0.1) is 24.0 Å². The Morgan fingerprint density at radius 2 is 1.74 bits per heavy atom. The summed E-state index contributed by atoms with van der Waals surface area (Å²) in [5.41, 5.74) is 2.64. The van der Waals surface area contributed by atoms with Crippen molar-refractivity contribution in [1.29, 1.82) is 0 Å². The van der Waals surface area contributed by atoms with Gasteiger partial charge in [0.05, 0.1) is 19.3 Å². The van der Waals surface area contributed by atoms with Crippen molar-refractivity contribution in [3.05, 3.63) is 35.4 Å². The molecule has 2 heterocycles. The number of benzene rings is 1. The molecule has 0 atom stereocenters. The maximum absolute atomic E-state index is 5.96. The Morgan fingerprint density at radius 1 is 1.06 bits per heavy atom. The van der Waals surface area contributed by atoms with Crippen LogP contribution >= 0.6 is 24.0 Å². The molecule has 2 fully saturated rings. The molecule has 0 spiro atoms. The Kier molecular flexibility index (Phi) is 12.7. The van der Waals surface area contributed by atoms with E-state index in [9.17, 15) is 0 Å². The van der Waals surface area contributed by atoms with Gasteiger partial charge in [0, 0.05) is 66.6 Å². The van der Waals surface area contributed by atoms with Gasteiger partial charge in [-0.25, -0.2) is 0 Å². The third-order valence-electron chi connectivity index (χ3n) is 5.78. The molecule has 0 bridgehead atoms. The second kappa shape index (κ2) is 15.0. The first kappa shape index (κ1) is 26.3. The minimum atomic E-state index is 0. The van der Waals surface area contributed by atoms with Crippen LogP contribution < -0.4 is 5.32 Å². The van der Waals surface area contributed by atoms with E-state index >= 15 is 0 Å². The van der Waals surface area contributed by atoms with Gasteiger partial charge in [0.25, 0.3) is 0 Å². The van der Waals surface area contributed by atoms with Crippen molar-refractivity contribution in [2.45, 2.75) is 38.5 Å². The summed E-state index contributed by atoms with van der Waals surface area (Å²) in [6.07, 6.45) is 3.41. The zero-order chi connectivity index (χ0) is 21.0. The van der Waals surface area contributed by atoms with Crippen LogP contribution in [0.5, 0.6) is 0 Å².